The highest BCUT2D eigenvalue weighted by molar-refractivity contribution is 5.92. The zero-order valence-corrected chi connectivity index (χ0v) is 11.5. The summed E-state index contributed by atoms with van der Waals surface area (Å²) in [5.41, 5.74) is 0.264. The lowest BCUT2D eigenvalue weighted by molar-refractivity contribution is -0.181. The molecule has 1 spiro atoms. The molecule has 0 saturated carbocycles. The van der Waals surface area contributed by atoms with Gasteiger partial charge in [-0.1, -0.05) is 0 Å². The normalized spacial score (nSPS) is 20.9. The quantitative estimate of drug-likeness (QED) is 0.840. The number of carbonyl (C=O) groups is 2. The van der Waals surface area contributed by atoms with Crippen molar-refractivity contribution < 1.29 is 24.2 Å². The van der Waals surface area contributed by atoms with Crippen molar-refractivity contribution in [1.82, 2.24) is 14.7 Å². The second-order valence-corrected chi connectivity index (χ2v) is 5.19. The summed E-state index contributed by atoms with van der Waals surface area (Å²) in [5, 5.41) is 12.7. The van der Waals surface area contributed by atoms with Gasteiger partial charge in [-0.25, -0.2) is 0 Å². The average molecular weight is 295 g/mol. The smallest absolute Gasteiger partial charge is 0.325 e. The van der Waals surface area contributed by atoms with Crippen LogP contribution >= 0.6 is 0 Å². The van der Waals surface area contributed by atoms with Gasteiger partial charge < -0.3 is 19.5 Å². The van der Waals surface area contributed by atoms with Crippen LogP contribution in [0.25, 0.3) is 0 Å². The van der Waals surface area contributed by atoms with Gasteiger partial charge in [0.15, 0.2) is 5.79 Å². The van der Waals surface area contributed by atoms with Gasteiger partial charge in [-0.3, -0.25) is 14.3 Å². The maximum absolute atomic E-state index is 12.3. The van der Waals surface area contributed by atoms with Crippen molar-refractivity contribution in [2.24, 2.45) is 0 Å². The van der Waals surface area contributed by atoms with Crippen LogP contribution in [0.1, 0.15) is 23.3 Å². The molecular weight excluding hydrogens is 278 g/mol. The fourth-order valence-corrected chi connectivity index (χ4v) is 2.70. The number of carbonyl (C=O) groups excluding carboxylic acids is 1. The van der Waals surface area contributed by atoms with Gasteiger partial charge in [-0.05, 0) is 6.07 Å². The molecule has 2 fully saturated rings. The predicted octanol–water partition coefficient (Wildman–Crippen LogP) is -0.0532. The van der Waals surface area contributed by atoms with Crippen LogP contribution < -0.4 is 0 Å². The summed E-state index contributed by atoms with van der Waals surface area (Å²) in [6, 6.07) is 1.54. The molecule has 3 rings (SSSR count). The molecule has 8 nitrogen and oxygen atoms in total. The Morgan fingerprint density at radius 2 is 1.95 bits per heavy atom. The number of rotatable bonds is 3. The Labute approximate surface area is 121 Å². The van der Waals surface area contributed by atoms with Gasteiger partial charge in [0.2, 0.25) is 0 Å². The van der Waals surface area contributed by atoms with E-state index in [1.54, 1.807) is 4.90 Å². The van der Waals surface area contributed by atoms with Gasteiger partial charge >= 0.3 is 5.97 Å². The summed E-state index contributed by atoms with van der Waals surface area (Å²) < 4.78 is 12.5. The van der Waals surface area contributed by atoms with Crippen molar-refractivity contribution in [3.8, 4) is 0 Å². The molecule has 0 aliphatic carbocycles. The molecule has 0 aromatic carbocycles. The number of carboxylic acid groups (broad SMARTS) is 1. The number of hydrogen-bond acceptors (Lipinski definition) is 5. The molecule has 2 aliphatic heterocycles. The van der Waals surface area contributed by atoms with Crippen LogP contribution in [-0.2, 0) is 20.8 Å². The lowest BCUT2D eigenvalue weighted by Crippen LogP contribution is -2.47. The van der Waals surface area contributed by atoms with Gasteiger partial charge in [0.05, 0.1) is 13.2 Å². The molecule has 0 unspecified atom stereocenters. The Hall–Kier alpha value is -1.93. The second kappa shape index (κ2) is 5.45. The summed E-state index contributed by atoms with van der Waals surface area (Å²) >= 11 is 0. The van der Waals surface area contributed by atoms with Crippen LogP contribution in [0.15, 0.2) is 12.3 Å². The SMILES string of the molecule is O=C(O)Cn1ccc(C(=O)N2CCC3(CC2)OCCO3)n1. The molecule has 0 radical (unpaired) electrons. The van der Waals surface area contributed by atoms with E-state index in [0.29, 0.717) is 39.1 Å². The first-order valence-corrected chi connectivity index (χ1v) is 6.90. The predicted molar refractivity (Wildman–Crippen MR) is 69.6 cm³/mol. The van der Waals surface area contributed by atoms with Crippen LogP contribution in [0.2, 0.25) is 0 Å². The highest BCUT2D eigenvalue weighted by atomic mass is 16.7. The van der Waals surface area contributed by atoms with Crippen molar-refractivity contribution >= 4 is 11.9 Å². The van der Waals surface area contributed by atoms with E-state index in [-0.39, 0.29) is 18.1 Å². The lowest BCUT2D eigenvalue weighted by atomic mass is 10.0. The maximum atomic E-state index is 12.3. The van der Waals surface area contributed by atoms with Gasteiger partial charge in [0.25, 0.3) is 5.91 Å². The maximum Gasteiger partial charge on any atom is 0.325 e. The fourth-order valence-electron chi connectivity index (χ4n) is 2.70. The zero-order chi connectivity index (χ0) is 14.9. The highest BCUT2D eigenvalue weighted by Gasteiger charge is 2.41. The first-order valence-electron chi connectivity index (χ1n) is 6.90. The fraction of sp³-hybridized carbons (Fsp3) is 0.615. The van der Waals surface area contributed by atoms with E-state index < -0.39 is 11.8 Å². The van der Waals surface area contributed by atoms with E-state index >= 15 is 0 Å². The van der Waals surface area contributed by atoms with E-state index in [9.17, 15) is 9.59 Å². The third-order valence-corrected chi connectivity index (χ3v) is 3.78. The number of piperidine rings is 1. The molecule has 1 aromatic heterocycles. The van der Waals surface area contributed by atoms with Gasteiger partial charge in [0, 0.05) is 32.1 Å². The van der Waals surface area contributed by atoms with Crippen molar-refractivity contribution in [2.75, 3.05) is 26.3 Å². The number of carboxylic acids is 1. The highest BCUT2D eigenvalue weighted by Crippen LogP contribution is 2.31. The molecule has 21 heavy (non-hydrogen) atoms. The number of aliphatic carboxylic acids is 1. The number of nitrogens with zero attached hydrogens (tertiary/aromatic N) is 3. The van der Waals surface area contributed by atoms with E-state index in [1.807, 2.05) is 0 Å². The number of likely N-dealkylation sites (tertiary alicyclic amines) is 1. The Kier molecular flexibility index (Phi) is 3.64. The second-order valence-electron chi connectivity index (χ2n) is 5.19. The summed E-state index contributed by atoms with van der Waals surface area (Å²) in [6.07, 6.45) is 2.79. The van der Waals surface area contributed by atoms with Crippen molar-refractivity contribution in [2.45, 2.75) is 25.2 Å². The molecule has 0 bridgehead atoms. The molecule has 3 heterocycles. The summed E-state index contributed by atoms with van der Waals surface area (Å²) in [5.74, 6) is -1.70. The van der Waals surface area contributed by atoms with E-state index in [0.717, 1.165) is 0 Å². The Bertz CT molecular complexity index is 540. The van der Waals surface area contributed by atoms with Crippen molar-refractivity contribution in [3.63, 3.8) is 0 Å². The molecule has 0 atom stereocenters. The average Bonchev–Trinajstić information content (AvgIpc) is 3.09. The molecule has 1 aromatic rings. The van der Waals surface area contributed by atoms with Crippen LogP contribution in [-0.4, -0.2) is 63.8 Å². The Morgan fingerprint density at radius 1 is 1.29 bits per heavy atom. The molecule has 2 saturated heterocycles. The van der Waals surface area contributed by atoms with Gasteiger partial charge in [-0.15, -0.1) is 0 Å². The summed E-state index contributed by atoms with van der Waals surface area (Å²) in [4.78, 5) is 24.6. The largest absolute Gasteiger partial charge is 0.480 e. The standard InChI is InChI=1S/C13H17N3O5/c17-11(18)9-16-4-1-10(14-16)12(19)15-5-2-13(3-6-15)20-7-8-21-13/h1,4H,2-3,5-9H2,(H,17,18). The minimum atomic E-state index is -0.993. The third kappa shape index (κ3) is 2.91. The Morgan fingerprint density at radius 3 is 2.57 bits per heavy atom. The molecule has 2 aliphatic rings. The number of aromatic nitrogens is 2. The minimum absolute atomic E-state index is 0.188. The van der Waals surface area contributed by atoms with E-state index in [4.69, 9.17) is 14.6 Å². The molecule has 8 heteroatoms. The Balaban J connectivity index is 1.61. The number of hydrogen-bond donors (Lipinski definition) is 1. The van der Waals surface area contributed by atoms with Crippen molar-refractivity contribution in [1.29, 1.82) is 0 Å². The minimum Gasteiger partial charge on any atom is -0.480 e. The molecule has 1 amide bonds. The van der Waals surface area contributed by atoms with E-state index in [1.165, 1.54) is 16.9 Å². The lowest BCUT2D eigenvalue weighted by Gasteiger charge is -2.37. The van der Waals surface area contributed by atoms with Gasteiger partial charge in [0.1, 0.15) is 12.2 Å². The first-order chi connectivity index (χ1) is 10.1. The monoisotopic (exact) mass is 295 g/mol. The van der Waals surface area contributed by atoms with Crippen LogP contribution in [0, 0.1) is 0 Å². The molecule has 1 N–H and O–H groups in total. The van der Waals surface area contributed by atoms with Crippen LogP contribution in [0.3, 0.4) is 0 Å². The number of amides is 1. The number of ether oxygens (including phenoxy) is 2. The molecule has 114 valence electrons. The van der Waals surface area contributed by atoms with Crippen LogP contribution in [0.5, 0.6) is 0 Å². The van der Waals surface area contributed by atoms with E-state index in [2.05, 4.69) is 5.10 Å². The van der Waals surface area contributed by atoms with Gasteiger partial charge in [-0.2, -0.15) is 5.10 Å². The van der Waals surface area contributed by atoms with Crippen molar-refractivity contribution in [3.05, 3.63) is 18.0 Å². The summed E-state index contributed by atoms with van der Waals surface area (Å²) in [6.45, 7) is 2.05. The molecular formula is C13H17N3O5. The first kappa shape index (κ1) is 14.0. The summed E-state index contributed by atoms with van der Waals surface area (Å²) in [7, 11) is 0. The topological polar surface area (TPSA) is 93.9 Å². The zero-order valence-electron chi connectivity index (χ0n) is 11.5. The third-order valence-electron chi connectivity index (χ3n) is 3.78. The van der Waals surface area contributed by atoms with Crippen LogP contribution in [0.4, 0.5) is 0 Å².